The van der Waals surface area contributed by atoms with Crippen LogP contribution in [0, 0.1) is 0 Å². The summed E-state index contributed by atoms with van der Waals surface area (Å²) in [6.45, 7) is 6.38. The molecule has 0 saturated carbocycles. The third kappa shape index (κ3) is 49.6. The van der Waals surface area contributed by atoms with Crippen LogP contribution in [0.3, 0.4) is 0 Å². The molecule has 0 aliphatic heterocycles. The van der Waals surface area contributed by atoms with Gasteiger partial charge < -0.3 is 14.2 Å². The van der Waals surface area contributed by atoms with E-state index in [1.165, 1.54) is 70.6 Å². The standard InChI is InChI=1S/C58H98O6/c1-4-7-10-13-16-19-22-25-28-29-31-33-36-39-42-45-48-51-57(60)63-54-55(53-62-56(59)50-47-44-41-38-35-32-27-24-21-18-15-12-9-6-3)64-58(61)52-49-46-43-40-37-34-30-26-23-20-17-14-11-8-5-2/h7-8,10-11,16-17,19-20,25-26,28,30-31,33,55H,4-6,9,12-15,18,21-24,27,29,32,34-54H2,1-3H3/b10-7-,11-8-,19-16-,20-17-,28-25-,30-26-,33-31-. The van der Waals surface area contributed by atoms with Gasteiger partial charge in [-0.1, -0.05) is 221 Å². The third-order valence-corrected chi connectivity index (χ3v) is 11.1. The molecule has 0 N–H and O–H groups in total. The highest BCUT2D eigenvalue weighted by atomic mass is 16.6. The summed E-state index contributed by atoms with van der Waals surface area (Å²) < 4.78 is 16.8. The molecule has 0 spiro atoms. The first-order valence-electron chi connectivity index (χ1n) is 26.6. The molecular weight excluding hydrogens is 793 g/mol. The molecule has 6 nitrogen and oxygen atoms in total. The van der Waals surface area contributed by atoms with Crippen molar-refractivity contribution in [2.75, 3.05) is 13.2 Å². The quantitative estimate of drug-likeness (QED) is 0.0262. The molecule has 0 saturated heterocycles. The number of carbonyl (C=O) groups is 3. The highest BCUT2D eigenvalue weighted by Gasteiger charge is 2.19. The zero-order valence-electron chi connectivity index (χ0n) is 41.8. The average molecular weight is 891 g/mol. The van der Waals surface area contributed by atoms with Gasteiger partial charge in [-0.2, -0.15) is 0 Å². The Morgan fingerprint density at radius 2 is 0.609 bits per heavy atom. The number of unbranched alkanes of at least 4 members (excludes halogenated alkanes) is 22. The molecule has 64 heavy (non-hydrogen) atoms. The number of allylic oxidation sites excluding steroid dienone is 14. The SMILES string of the molecule is CC/C=C\C/C=C\C/C=C\C/C=C\CCCCCCC(=O)OCC(COC(=O)CCCCCCCCCCCCCCCC)OC(=O)CCCCCCC/C=C\C/C=C\C/C=C\CC. The Labute approximate surface area is 395 Å². The molecule has 0 aliphatic carbocycles. The maximum atomic E-state index is 12.8. The number of rotatable bonds is 47. The summed E-state index contributed by atoms with van der Waals surface area (Å²) in [6, 6.07) is 0. The second kappa shape index (κ2) is 52.2. The van der Waals surface area contributed by atoms with E-state index in [1.807, 2.05) is 0 Å². The summed E-state index contributed by atoms with van der Waals surface area (Å²) in [7, 11) is 0. The Morgan fingerprint density at radius 1 is 0.328 bits per heavy atom. The average Bonchev–Trinajstić information content (AvgIpc) is 3.29. The second-order valence-electron chi connectivity index (χ2n) is 17.4. The van der Waals surface area contributed by atoms with Gasteiger partial charge in [0.25, 0.3) is 0 Å². The van der Waals surface area contributed by atoms with Crippen LogP contribution in [0.15, 0.2) is 85.1 Å². The van der Waals surface area contributed by atoms with Gasteiger partial charge >= 0.3 is 17.9 Å². The predicted molar refractivity (Wildman–Crippen MR) is 274 cm³/mol. The summed E-state index contributed by atoms with van der Waals surface area (Å²) in [5, 5.41) is 0. The lowest BCUT2D eigenvalue weighted by Crippen LogP contribution is -2.30. The van der Waals surface area contributed by atoms with Crippen molar-refractivity contribution in [1.82, 2.24) is 0 Å². The fourth-order valence-electron chi connectivity index (χ4n) is 7.21. The van der Waals surface area contributed by atoms with Gasteiger partial charge in [-0.25, -0.2) is 0 Å². The molecule has 0 bridgehead atoms. The summed E-state index contributed by atoms with van der Waals surface area (Å²) >= 11 is 0. The van der Waals surface area contributed by atoms with Gasteiger partial charge in [0.1, 0.15) is 13.2 Å². The van der Waals surface area contributed by atoms with E-state index < -0.39 is 6.10 Å². The molecule has 0 aromatic carbocycles. The number of ether oxygens (including phenoxy) is 3. The molecule has 1 atom stereocenters. The summed E-state index contributed by atoms with van der Waals surface area (Å²) in [5.74, 6) is -0.930. The van der Waals surface area contributed by atoms with Gasteiger partial charge in [0.05, 0.1) is 0 Å². The van der Waals surface area contributed by atoms with E-state index in [9.17, 15) is 14.4 Å². The Bertz CT molecular complexity index is 1250. The molecule has 0 heterocycles. The van der Waals surface area contributed by atoms with Gasteiger partial charge in [-0.05, 0) is 89.9 Å². The van der Waals surface area contributed by atoms with Crippen molar-refractivity contribution in [2.24, 2.45) is 0 Å². The lowest BCUT2D eigenvalue weighted by molar-refractivity contribution is -0.167. The van der Waals surface area contributed by atoms with E-state index in [2.05, 4.69) is 106 Å². The third-order valence-electron chi connectivity index (χ3n) is 11.1. The monoisotopic (exact) mass is 891 g/mol. The maximum absolute atomic E-state index is 12.8. The molecular formula is C58H98O6. The Morgan fingerprint density at radius 3 is 0.953 bits per heavy atom. The van der Waals surface area contributed by atoms with Crippen LogP contribution in [0.1, 0.15) is 245 Å². The van der Waals surface area contributed by atoms with Gasteiger partial charge in [0.2, 0.25) is 0 Å². The molecule has 0 radical (unpaired) electrons. The minimum atomic E-state index is -0.794. The zero-order chi connectivity index (χ0) is 46.5. The topological polar surface area (TPSA) is 78.9 Å². The van der Waals surface area contributed by atoms with Crippen LogP contribution < -0.4 is 0 Å². The number of carbonyl (C=O) groups excluding carboxylic acids is 3. The van der Waals surface area contributed by atoms with E-state index in [4.69, 9.17) is 14.2 Å². The van der Waals surface area contributed by atoms with Crippen LogP contribution in [-0.2, 0) is 28.6 Å². The highest BCUT2D eigenvalue weighted by molar-refractivity contribution is 5.71. The van der Waals surface area contributed by atoms with Crippen LogP contribution in [0.4, 0.5) is 0 Å². The Balaban J connectivity index is 4.45. The fourth-order valence-corrected chi connectivity index (χ4v) is 7.21. The van der Waals surface area contributed by atoms with Crippen LogP contribution in [0.25, 0.3) is 0 Å². The number of esters is 3. The van der Waals surface area contributed by atoms with E-state index in [0.717, 1.165) is 135 Å². The molecule has 1 unspecified atom stereocenters. The van der Waals surface area contributed by atoms with Crippen LogP contribution in [-0.4, -0.2) is 37.2 Å². The number of hydrogen-bond donors (Lipinski definition) is 0. The summed E-state index contributed by atoms with van der Waals surface area (Å²) in [4.78, 5) is 38.0. The fraction of sp³-hybridized carbons (Fsp3) is 0.707. The van der Waals surface area contributed by atoms with Crippen LogP contribution in [0.5, 0.6) is 0 Å². The molecule has 0 amide bonds. The minimum Gasteiger partial charge on any atom is -0.462 e. The maximum Gasteiger partial charge on any atom is 0.306 e. The van der Waals surface area contributed by atoms with Crippen molar-refractivity contribution in [1.29, 1.82) is 0 Å². The first-order chi connectivity index (χ1) is 31.5. The Hall–Kier alpha value is -3.41. The normalized spacial score (nSPS) is 12.7. The first-order valence-corrected chi connectivity index (χ1v) is 26.6. The van der Waals surface area contributed by atoms with Crippen molar-refractivity contribution in [3.8, 4) is 0 Å². The summed E-state index contributed by atoms with van der Waals surface area (Å²) in [5.41, 5.74) is 0. The molecule has 0 aromatic rings. The minimum absolute atomic E-state index is 0.0903. The molecule has 0 aromatic heterocycles. The van der Waals surface area contributed by atoms with Gasteiger partial charge in [-0.15, -0.1) is 0 Å². The van der Waals surface area contributed by atoms with Crippen molar-refractivity contribution < 1.29 is 28.6 Å². The van der Waals surface area contributed by atoms with Crippen molar-refractivity contribution >= 4 is 17.9 Å². The number of hydrogen-bond acceptors (Lipinski definition) is 6. The van der Waals surface area contributed by atoms with Crippen LogP contribution >= 0.6 is 0 Å². The van der Waals surface area contributed by atoms with E-state index in [0.29, 0.717) is 19.3 Å². The lowest BCUT2D eigenvalue weighted by atomic mass is 10.0. The molecule has 0 rings (SSSR count). The molecule has 0 aliphatic rings. The van der Waals surface area contributed by atoms with E-state index in [-0.39, 0.29) is 31.1 Å². The van der Waals surface area contributed by atoms with Crippen LogP contribution in [0.2, 0.25) is 0 Å². The Kier molecular flexibility index (Phi) is 49.4. The smallest absolute Gasteiger partial charge is 0.306 e. The largest absolute Gasteiger partial charge is 0.462 e. The van der Waals surface area contributed by atoms with Crippen molar-refractivity contribution in [2.45, 2.75) is 252 Å². The zero-order valence-corrected chi connectivity index (χ0v) is 41.8. The van der Waals surface area contributed by atoms with Gasteiger partial charge in [0, 0.05) is 19.3 Å². The van der Waals surface area contributed by atoms with Crippen molar-refractivity contribution in [3.63, 3.8) is 0 Å². The highest BCUT2D eigenvalue weighted by Crippen LogP contribution is 2.15. The lowest BCUT2D eigenvalue weighted by Gasteiger charge is -2.18. The molecule has 6 heteroatoms. The molecule has 366 valence electrons. The van der Waals surface area contributed by atoms with Crippen molar-refractivity contribution in [3.05, 3.63) is 85.1 Å². The summed E-state index contributed by atoms with van der Waals surface area (Å²) in [6.07, 6.45) is 67.1. The first kappa shape index (κ1) is 60.6. The predicted octanol–water partition coefficient (Wildman–Crippen LogP) is 17.6. The van der Waals surface area contributed by atoms with E-state index in [1.54, 1.807) is 0 Å². The van der Waals surface area contributed by atoms with E-state index >= 15 is 0 Å². The second-order valence-corrected chi connectivity index (χ2v) is 17.4. The van der Waals surface area contributed by atoms with Gasteiger partial charge in [-0.3, -0.25) is 14.4 Å². The molecule has 0 fully saturated rings. The van der Waals surface area contributed by atoms with Gasteiger partial charge in [0.15, 0.2) is 6.10 Å².